The number of benzene rings is 1. The Morgan fingerprint density at radius 1 is 1.50 bits per heavy atom. The van der Waals surface area contributed by atoms with Crippen molar-refractivity contribution in [1.29, 1.82) is 0 Å². The zero-order chi connectivity index (χ0) is 11.1. The van der Waals surface area contributed by atoms with Crippen molar-refractivity contribution in [2.75, 3.05) is 23.7 Å². The predicted molar refractivity (Wildman–Crippen MR) is 67.8 cm³/mol. The molecule has 3 nitrogen and oxygen atoms in total. The van der Waals surface area contributed by atoms with E-state index < -0.39 is 0 Å². The van der Waals surface area contributed by atoms with Gasteiger partial charge in [-0.3, -0.25) is 0 Å². The molecule has 3 rings (SSSR count). The van der Waals surface area contributed by atoms with Gasteiger partial charge in [-0.25, -0.2) is 0 Å². The number of nitrogen functional groups attached to an aromatic ring is 1. The van der Waals surface area contributed by atoms with Crippen LogP contribution in [0.5, 0.6) is 0 Å². The van der Waals surface area contributed by atoms with Crippen LogP contribution in [0.1, 0.15) is 18.9 Å². The molecule has 2 heterocycles. The van der Waals surface area contributed by atoms with Crippen LogP contribution >= 0.6 is 0 Å². The normalized spacial score (nSPS) is 27.7. The number of nitrogens with one attached hydrogen (secondary N) is 1. The van der Waals surface area contributed by atoms with Gasteiger partial charge in [0.15, 0.2) is 0 Å². The average molecular weight is 217 g/mol. The standard InChI is InChI=1S/C13H19N3/c1-2-9-5-11(3-4-13(9)14)16-8-10-6-12(16)7-15-10/h3-5,10,12,15H,2,6-8,14H2,1H3/t10-,12-/m1/s1. The summed E-state index contributed by atoms with van der Waals surface area (Å²) in [5.41, 5.74) is 9.49. The van der Waals surface area contributed by atoms with Crippen LogP contribution in [0.4, 0.5) is 11.4 Å². The minimum Gasteiger partial charge on any atom is -0.399 e. The Morgan fingerprint density at radius 2 is 2.38 bits per heavy atom. The van der Waals surface area contributed by atoms with Gasteiger partial charge in [-0.15, -0.1) is 0 Å². The lowest BCUT2D eigenvalue weighted by atomic mass is 10.1. The minimum absolute atomic E-state index is 0.693. The van der Waals surface area contributed by atoms with Crippen molar-refractivity contribution in [3.8, 4) is 0 Å². The van der Waals surface area contributed by atoms with Gasteiger partial charge in [0, 0.05) is 36.5 Å². The summed E-state index contributed by atoms with van der Waals surface area (Å²) in [5, 5.41) is 3.53. The van der Waals surface area contributed by atoms with Crippen molar-refractivity contribution in [2.45, 2.75) is 31.8 Å². The molecule has 0 spiro atoms. The maximum Gasteiger partial charge on any atom is 0.0430 e. The molecule has 86 valence electrons. The van der Waals surface area contributed by atoms with Crippen molar-refractivity contribution in [3.63, 3.8) is 0 Å². The van der Waals surface area contributed by atoms with Gasteiger partial charge in [0.25, 0.3) is 0 Å². The third-order valence-electron chi connectivity index (χ3n) is 3.90. The van der Waals surface area contributed by atoms with Crippen LogP contribution in [0.25, 0.3) is 0 Å². The largest absolute Gasteiger partial charge is 0.399 e. The molecule has 0 unspecified atom stereocenters. The second-order valence-electron chi connectivity index (χ2n) is 4.88. The van der Waals surface area contributed by atoms with Crippen molar-refractivity contribution in [3.05, 3.63) is 23.8 Å². The van der Waals surface area contributed by atoms with Crippen molar-refractivity contribution in [1.82, 2.24) is 5.32 Å². The summed E-state index contributed by atoms with van der Waals surface area (Å²) in [6.07, 6.45) is 2.31. The highest BCUT2D eigenvalue weighted by Gasteiger charge is 2.37. The number of aryl methyl sites for hydroxylation is 1. The Balaban J connectivity index is 1.89. The molecule has 0 aromatic heterocycles. The molecule has 0 amide bonds. The Hall–Kier alpha value is -1.22. The SMILES string of the molecule is CCc1cc(N2C[C@H]3C[C@@H]2CN3)ccc1N. The molecule has 2 fully saturated rings. The number of hydrogen-bond donors (Lipinski definition) is 2. The van der Waals surface area contributed by atoms with Crippen LogP contribution in [-0.4, -0.2) is 25.2 Å². The van der Waals surface area contributed by atoms with Gasteiger partial charge in [0.2, 0.25) is 0 Å². The van der Waals surface area contributed by atoms with Gasteiger partial charge < -0.3 is 16.0 Å². The third kappa shape index (κ3) is 1.47. The fourth-order valence-electron chi connectivity index (χ4n) is 2.95. The van der Waals surface area contributed by atoms with Crippen LogP contribution in [0.3, 0.4) is 0 Å². The Morgan fingerprint density at radius 3 is 3.00 bits per heavy atom. The Kier molecular flexibility index (Phi) is 2.28. The van der Waals surface area contributed by atoms with E-state index in [0.717, 1.165) is 25.2 Å². The number of piperazine rings is 1. The maximum absolute atomic E-state index is 5.94. The number of nitrogens with two attached hydrogens (primary N) is 1. The van der Waals surface area contributed by atoms with Crippen LogP contribution in [0.2, 0.25) is 0 Å². The first-order chi connectivity index (χ1) is 7.78. The quantitative estimate of drug-likeness (QED) is 0.735. The zero-order valence-electron chi connectivity index (χ0n) is 9.74. The van der Waals surface area contributed by atoms with Crippen molar-refractivity contribution in [2.24, 2.45) is 0 Å². The first-order valence-corrected chi connectivity index (χ1v) is 6.16. The van der Waals surface area contributed by atoms with Gasteiger partial charge in [-0.1, -0.05) is 6.92 Å². The Labute approximate surface area is 96.6 Å². The monoisotopic (exact) mass is 217 g/mol. The minimum atomic E-state index is 0.693. The number of anilines is 2. The Bertz CT molecular complexity index is 402. The summed E-state index contributed by atoms with van der Waals surface area (Å²) in [7, 11) is 0. The van der Waals surface area contributed by atoms with Gasteiger partial charge in [-0.05, 0) is 36.6 Å². The summed E-state index contributed by atoms with van der Waals surface area (Å²) in [6, 6.07) is 7.87. The highest BCUT2D eigenvalue weighted by molar-refractivity contribution is 5.60. The van der Waals surface area contributed by atoms with E-state index in [-0.39, 0.29) is 0 Å². The molecule has 2 saturated heterocycles. The van der Waals surface area contributed by atoms with Gasteiger partial charge in [0.05, 0.1) is 0 Å². The lowest BCUT2D eigenvalue weighted by molar-refractivity contribution is 0.580. The molecule has 1 aromatic carbocycles. The topological polar surface area (TPSA) is 41.3 Å². The number of rotatable bonds is 2. The molecule has 3 N–H and O–H groups in total. The van der Waals surface area contributed by atoms with Crippen molar-refractivity contribution >= 4 is 11.4 Å². The van der Waals surface area contributed by atoms with Gasteiger partial charge >= 0.3 is 0 Å². The lowest BCUT2D eigenvalue weighted by Gasteiger charge is -2.30. The van der Waals surface area contributed by atoms with E-state index in [1.165, 1.54) is 17.7 Å². The second-order valence-corrected chi connectivity index (χ2v) is 4.88. The highest BCUT2D eigenvalue weighted by Crippen LogP contribution is 2.31. The summed E-state index contributed by atoms with van der Waals surface area (Å²) < 4.78 is 0. The van der Waals surface area contributed by atoms with Crippen LogP contribution in [0, 0.1) is 0 Å². The smallest absolute Gasteiger partial charge is 0.0430 e. The number of hydrogen-bond acceptors (Lipinski definition) is 3. The molecule has 3 heteroatoms. The van der Waals surface area contributed by atoms with E-state index >= 15 is 0 Å². The van der Waals surface area contributed by atoms with Crippen LogP contribution in [0.15, 0.2) is 18.2 Å². The van der Waals surface area contributed by atoms with E-state index in [2.05, 4.69) is 29.3 Å². The molecule has 0 saturated carbocycles. The van der Waals surface area contributed by atoms with E-state index in [4.69, 9.17) is 5.73 Å². The summed E-state index contributed by atoms with van der Waals surface area (Å²) in [6.45, 7) is 4.45. The first-order valence-electron chi connectivity index (χ1n) is 6.16. The number of fused-ring (bicyclic) bond motifs is 2. The van der Waals surface area contributed by atoms with E-state index in [9.17, 15) is 0 Å². The summed E-state index contributed by atoms with van der Waals surface area (Å²) >= 11 is 0. The molecule has 0 aliphatic carbocycles. The molecular weight excluding hydrogens is 198 g/mol. The summed E-state index contributed by atoms with van der Waals surface area (Å²) in [5.74, 6) is 0. The molecule has 2 atom stereocenters. The molecule has 1 aromatic rings. The van der Waals surface area contributed by atoms with E-state index in [1.54, 1.807) is 0 Å². The molecule has 0 radical (unpaired) electrons. The van der Waals surface area contributed by atoms with Crippen molar-refractivity contribution < 1.29 is 0 Å². The zero-order valence-corrected chi connectivity index (χ0v) is 9.74. The second kappa shape index (κ2) is 3.67. The fraction of sp³-hybridized carbons (Fsp3) is 0.538. The van der Waals surface area contributed by atoms with Crippen LogP contribution in [-0.2, 0) is 6.42 Å². The van der Waals surface area contributed by atoms with Gasteiger partial charge in [-0.2, -0.15) is 0 Å². The fourth-order valence-corrected chi connectivity index (χ4v) is 2.95. The molecule has 16 heavy (non-hydrogen) atoms. The van der Waals surface area contributed by atoms with Crippen LogP contribution < -0.4 is 16.0 Å². The lowest BCUT2D eigenvalue weighted by Crippen LogP contribution is -2.43. The van der Waals surface area contributed by atoms with E-state index in [0.29, 0.717) is 12.1 Å². The molecule has 2 aliphatic heterocycles. The number of nitrogens with zero attached hydrogens (tertiary/aromatic N) is 1. The first kappa shape index (κ1) is 9.97. The molecular formula is C13H19N3. The average Bonchev–Trinajstić information content (AvgIpc) is 2.91. The molecule has 2 aliphatic rings. The summed E-state index contributed by atoms with van der Waals surface area (Å²) in [4.78, 5) is 2.53. The third-order valence-corrected chi connectivity index (χ3v) is 3.90. The van der Waals surface area contributed by atoms with Gasteiger partial charge in [0.1, 0.15) is 0 Å². The maximum atomic E-state index is 5.94. The predicted octanol–water partition coefficient (Wildman–Crippen LogP) is 1.38. The highest BCUT2D eigenvalue weighted by atomic mass is 15.3. The molecule has 2 bridgehead atoms. The van der Waals surface area contributed by atoms with E-state index in [1.807, 2.05) is 6.07 Å².